The van der Waals surface area contributed by atoms with Crippen LogP contribution in [0.5, 0.6) is 0 Å². The normalized spacial score (nSPS) is 13.2. The van der Waals surface area contributed by atoms with Gasteiger partial charge in [-0.25, -0.2) is 0 Å². The van der Waals surface area contributed by atoms with Crippen molar-refractivity contribution in [3.63, 3.8) is 0 Å². The van der Waals surface area contributed by atoms with Gasteiger partial charge >= 0.3 is 5.97 Å². The number of rotatable bonds is 6. The van der Waals surface area contributed by atoms with E-state index in [1.807, 2.05) is 6.92 Å². The molecule has 4 heteroatoms. The zero-order valence-electron chi connectivity index (χ0n) is 11.6. The quantitative estimate of drug-likeness (QED) is 0.779. The third-order valence-electron chi connectivity index (χ3n) is 2.54. The van der Waals surface area contributed by atoms with Crippen LogP contribution in [0.3, 0.4) is 0 Å². The number of likely N-dealkylation sites (N-methyl/N-ethyl adjacent to an activating group) is 1. The maximum absolute atomic E-state index is 11.9. The van der Waals surface area contributed by atoms with E-state index in [1.54, 1.807) is 6.92 Å². The van der Waals surface area contributed by atoms with Gasteiger partial charge in [-0.2, -0.15) is 0 Å². The number of carboxylic acid groups (broad SMARTS) is 1. The molecule has 1 atom stereocenters. The van der Waals surface area contributed by atoms with Crippen LogP contribution < -0.4 is 0 Å². The van der Waals surface area contributed by atoms with Gasteiger partial charge in [0.2, 0.25) is 5.91 Å². The number of carboxylic acids is 1. The highest BCUT2D eigenvalue weighted by molar-refractivity contribution is 5.81. The van der Waals surface area contributed by atoms with E-state index < -0.39 is 5.97 Å². The number of carbonyl (C=O) groups excluding carboxylic acids is 1. The Morgan fingerprint density at radius 1 is 1.29 bits per heavy atom. The van der Waals surface area contributed by atoms with E-state index in [0.29, 0.717) is 13.0 Å². The van der Waals surface area contributed by atoms with Crippen LogP contribution in [0.15, 0.2) is 0 Å². The second-order valence-electron chi connectivity index (χ2n) is 5.88. The van der Waals surface area contributed by atoms with Gasteiger partial charge in [0.15, 0.2) is 0 Å². The molecule has 0 heterocycles. The van der Waals surface area contributed by atoms with Crippen LogP contribution in [0, 0.1) is 11.3 Å². The minimum atomic E-state index is -0.955. The van der Waals surface area contributed by atoms with Crippen LogP contribution in [-0.4, -0.2) is 35.0 Å². The Morgan fingerprint density at radius 2 is 1.82 bits per heavy atom. The molecule has 0 saturated heterocycles. The third-order valence-corrected chi connectivity index (χ3v) is 2.54. The van der Waals surface area contributed by atoms with Crippen LogP contribution >= 0.6 is 0 Å². The van der Waals surface area contributed by atoms with Crippen molar-refractivity contribution in [1.82, 2.24) is 4.90 Å². The summed E-state index contributed by atoms with van der Waals surface area (Å²) >= 11 is 0. The maximum atomic E-state index is 11.9. The molecule has 0 saturated carbocycles. The minimum absolute atomic E-state index is 0.0633. The minimum Gasteiger partial charge on any atom is -0.480 e. The first-order valence-electron chi connectivity index (χ1n) is 6.15. The van der Waals surface area contributed by atoms with Crippen LogP contribution in [-0.2, 0) is 9.59 Å². The molecule has 1 amide bonds. The van der Waals surface area contributed by atoms with Crippen molar-refractivity contribution in [2.24, 2.45) is 11.3 Å². The van der Waals surface area contributed by atoms with Crippen molar-refractivity contribution in [1.29, 1.82) is 0 Å². The molecule has 0 bridgehead atoms. The van der Waals surface area contributed by atoms with E-state index >= 15 is 0 Å². The second kappa shape index (κ2) is 6.62. The Balaban J connectivity index is 4.26. The number of carbonyl (C=O) groups is 2. The van der Waals surface area contributed by atoms with E-state index in [-0.39, 0.29) is 23.8 Å². The summed E-state index contributed by atoms with van der Waals surface area (Å²) in [7, 11) is 0. The number of hydrogen-bond donors (Lipinski definition) is 1. The predicted molar refractivity (Wildman–Crippen MR) is 67.7 cm³/mol. The van der Waals surface area contributed by atoms with Crippen molar-refractivity contribution >= 4 is 11.9 Å². The van der Waals surface area contributed by atoms with E-state index in [1.165, 1.54) is 4.90 Å². The van der Waals surface area contributed by atoms with Crippen LogP contribution in [0.4, 0.5) is 0 Å². The maximum Gasteiger partial charge on any atom is 0.323 e. The molecule has 0 aliphatic carbocycles. The average molecular weight is 243 g/mol. The fraction of sp³-hybridized carbons (Fsp3) is 0.846. The largest absolute Gasteiger partial charge is 0.480 e. The third kappa shape index (κ3) is 7.77. The fourth-order valence-electron chi connectivity index (χ4n) is 2.08. The Labute approximate surface area is 104 Å². The molecule has 1 unspecified atom stereocenters. The number of aliphatic carboxylic acids is 1. The van der Waals surface area contributed by atoms with Gasteiger partial charge in [0.05, 0.1) is 0 Å². The molecule has 100 valence electrons. The summed E-state index contributed by atoms with van der Waals surface area (Å²) in [5.41, 5.74) is 0.198. The molecule has 0 aromatic rings. The lowest BCUT2D eigenvalue weighted by Crippen LogP contribution is -2.36. The van der Waals surface area contributed by atoms with Gasteiger partial charge in [-0.05, 0) is 24.7 Å². The van der Waals surface area contributed by atoms with Gasteiger partial charge in [0, 0.05) is 13.0 Å². The Hall–Kier alpha value is -1.06. The lowest BCUT2D eigenvalue weighted by atomic mass is 9.84. The lowest BCUT2D eigenvalue weighted by Gasteiger charge is -2.25. The number of hydrogen-bond acceptors (Lipinski definition) is 2. The molecule has 0 aliphatic heterocycles. The Morgan fingerprint density at radius 3 is 2.18 bits per heavy atom. The lowest BCUT2D eigenvalue weighted by molar-refractivity contribution is -0.144. The van der Waals surface area contributed by atoms with E-state index in [2.05, 4.69) is 20.8 Å². The molecule has 0 aromatic carbocycles. The summed E-state index contributed by atoms with van der Waals surface area (Å²) in [6.45, 7) is 10.5. The van der Waals surface area contributed by atoms with Crippen molar-refractivity contribution in [2.75, 3.05) is 13.1 Å². The van der Waals surface area contributed by atoms with Crippen LogP contribution in [0.25, 0.3) is 0 Å². The number of nitrogens with zero attached hydrogens (tertiary/aromatic N) is 1. The molecule has 0 spiro atoms. The van der Waals surface area contributed by atoms with Crippen molar-refractivity contribution in [3.8, 4) is 0 Å². The smallest absolute Gasteiger partial charge is 0.323 e. The highest BCUT2D eigenvalue weighted by atomic mass is 16.4. The van der Waals surface area contributed by atoms with Gasteiger partial charge in [-0.1, -0.05) is 27.7 Å². The summed E-state index contributed by atoms with van der Waals surface area (Å²) in [6.07, 6.45) is 1.39. The molecule has 1 N–H and O–H groups in total. The van der Waals surface area contributed by atoms with Crippen molar-refractivity contribution < 1.29 is 14.7 Å². The number of amides is 1. The summed E-state index contributed by atoms with van der Waals surface area (Å²) in [5.74, 6) is -0.735. The van der Waals surface area contributed by atoms with Gasteiger partial charge < -0.3 is 10.0 Å². The van der Waals surface area contributed by atoms with Crippen molar-refractivity contribution in [2.45, 2.75) is 47.5 Å². The molecule has 0 aliphatic rings. The highest BCUT2D eigenvalue weighted by Crippen LogP contribution is 2.26. The topological polar surface area (TPSA) is 57.6 Å². The summed E-state index contributed by atoms with van der Waals surface area (Å²) in [6, 6.07) is 0. The Bertz CT molecular complexity index is 268. The Kier molecular flexibility index (Phi) is 6.21. The van der Waals surface area contributed by atoms with E-state index in [4.69, 9.17) is 5.11 Å². The van der Waals surface area contributed by atoms with Gasteiger partial charge in [0.25, 0.3) is 0 Å². The summed E-state index contributed by atoms with van der Waals surface area (Å²) < 4.78 is 0. The first-order chi connectivity index (χ1) is 7.65. The van der Waals surface area contributed by atoms with Crippen LogP contribution in [0.1, 0.15) is 47.5 Å². The first kappa shape index (κ1) is 15.9. The standard InChI is InChI=1S/C13H25NO3/c1-6-14(9-12(16)17)11(15)7-10(2)8-13(3,4)5/h10H,6-9H2,1-5H3,(H,16,17). The zero-order chi connectivity index (χ0) is 13.6. The molecule has 4 nitrogen and oxygen atoms in total. The predicted octanol–water partition coefficient (Wildman–Crippen LogP) is 2.38. The van der Waals surface area contributed by atoms with Crippen molar-refractivity contribution in [3.05, 3.63) is 0 Å². The molecule has 17 heavy (non-hydrogen) atoms. The monoisotopic (exact) mass is 243 g/mol. The molecule has 0 aromatic heterocycles. The van der Waals surface area contributed by atoms with Gasteiger partial charge in [-0.15, -0.1) is 0 Å². The van der Waals surface area contributed by atoms with Crippen LogP contribution in [0.2, 0.25) is 0 Å². The average Bonchev–Trinajstić information content (AvgIpc) is 2.10. The molecule has 0 radical (unpaired) electrons. The summed E-state index contributed by atoms with van der Waals surface area (Å²) in [5, 5.41) is 8.69. The SMILES string of the molecule is CCN(CC(=O)O)C(=O)CC(C)CC(C)(C)C. The first-order valence-corrected chi connectivity index (χ1v) is 6.15. The summed E-state index contributed by atoms with van der Waals surface area (Å²) in [4.78, 5) is 23.9. The molecular formula is C13H25NO3. The molecule has 0 rings (SSSR count). The second-order valence-corrected chi connectivity index (χ2v) is 5.88. The van der Waals surface area contributed by atoms with Gasteiger partial charge in [-0.3, -0.25) is 9.59 Å². The van der Waals surface area contributed by atoms with Gasteiger partial charge in [0.1, 0.15) is 6.54 Å². The zero-order valence-corrected chi connectivity index (χ0v) is 11.6. The fourth-order valence-corrected chi connectivity index (χ4v) is 2.08. The molecule has 0 fully saturated rings. The molecular weight excluding hydrogens is 218 g/mol. The van der Waals surface area contributed by atoms with E-state index in [0.717, 1.165) is 6.42 Å². The van der Waals surface area contributed by atoms with E-state index in [9.17, 15) is 9.59 Å². The highest BCUT2D eigenvalue weighted by Gasteiger charge is 2.21.